The molecule has 8 nitrogen and oxygen atoms in total. The predicted molar refractivity (Wildman–Crippen MR) is 120 cm³/mol. The molecular weight excluding hydrogens is 390 g/mol. The third kappa shape index (κ3) is 4.32. The minimum atomic E-state index is -0.151. The summed E-state index contributed by atoms with van der Waals surface area (Å²) in [5.74, 6) is 0.839. The Morgan fingerprint density at radius 3 is 2.71 bits per heavy atom. The third-order valence-corrected chi connectivity index (χ3v) is 4.98. The Morgan fingerprint density at radius 1 is 1.13 bits per heavy atom. The van der Waals surface area contributed by atoms with E-state index in [2.05, 4.69) is 42.5 Å². The molecule has 4 aromatic rings. The Balaban J connectivity index is 1.58. The van der Waals surface area contributed by atoms with Gasteiger partial charge in [0.15, 0.2) is 0 Å². The summed E-state index contributed by atoms with van der Waals surface area (Å²) in [6, 6.07) is 9.22. The lowest BCUT2D eigenvalue weighted by molar-refractivity contribution is 0.0964. The van der Waals surface area contributed by atoms with E-state index in [4.69, 9.17) is 2.74 Å². The highest BCUT2D eigenvalue weighted by molar-refractivity contribution is 6.06. The van der Waals surface area contributed by atoms with Crippen LogP contribution in [0.1, 0.15) is 37.3 Å². The molecule has 1 amide bonds. The number of anilines is 1. The van der Waals surface area contributed by atoms with E-state index < -0.39 is 0 Å². The zero-order valence-electron chi connectivity index (χ0n) is 19.5. The van der Waals surface area contributed by atoms with Crippen LogP contribution in [0.3, 0.4) is 0 Å². The number of fused-ring (bicyclic) bond motifs is 1. The smallest absolute Gasteiger partial charge is 0.251 e. The zero-order valence-corrected chi connectivity index (χ0v) is 17.5. The van der Waals surface area contributed by atoms with E-state index in [0.717, 1.165) is 16.5 Å². The molecule has 0 aliphatic rings. The number of para-hydroxylation sites is 1. The fourth-order valence-electron chi connectivity index (χ4n) is 3.33. The number of carbonyl (C=O) groups is 1. The third-order valence-electron chi connectivity index (χ3n) is 4.98. The molecular formula is C23H23N7O. The highest BCUT2D eigenvalue weighted by Gasteiger charge is 2.15. The number of pyridine rings is 1. The molecule has 0 bridgehead atoms. The lowest BCUT2D eigenvalue weighted by Crippen LogP contribution is -2.18. The number of hydrogen-bond donors (Lipinski definition) is 2. The van der Waals surface area contributed by atoms with Gasteiger partial charge in [0.1, 0.15) is 18.0 Å². The molecule has 3 heterocycles. The van der Waals surface area contributed by atoms with Crippen LogP contribution in [0.25, 0.3) is 22.2 Å². The average molecular weight is 415 g/mol. The second-order valence-electron chi connectivity index (χ2n) is 7.12. The summed E-state index contributed by atoms with van der Waals surface area (Å²) in [6.45, 7) is 4.26. The van der Waals surface area contributed by atoms with E-state index in [9.17, 15) is 4.79 Å². The van der Waals surface area contributed by atoms with E-state index in [1.54, 1.807) is 32.3 Å². The maximum absolute atomic E-state index is 12.2. The molecule has 4 rings (SSSR count). The van der Waals surface area contributed by atoms with Gasteiger partial charge in [-0.2, -0.15) is 0 Å². The second kappa shape index (κ2) is 8.83. The Morgan fingerprint density at radius 2 is 1.94 bits per heavy atom. The molecule has 1 atom stereocenters. The minimum absolute atomic E-state index is 0.0423. The molecule has 0 aliphatic carbocycles. The molecule has 1 aromatic carbocycles. The van der Waals surface area contributed by atoms with Gasteiger partial charge in [-0.05, 0) is 18.6 Å². The summed E-state index contributed by atoms with van der Waals surface area (Å²) in [4.78, 5) is 33.3. The summed E-state index contributed by atoms with van der Waals surface area (Å²) < 4.78 is 16.2. The number of hydrogen-bond acceptors (Lipinski definition) is 7. The number of aromatic nitrogens is 5. The van der Waals surface area contributed by atoms with Crippen molar-refractivity contribution in [3.63, 3.8) is 0 Å². The summed E-state index contributed by atoms with van der Waals surface area (Å²) >= 11 is 0. The summed E-state index contributed by atoms with van der Waals surface area (Å²) in [5.41, 5.74) is 3.05. The largest absolute Gasteiger partial charge is 0.369 e. The number of amides is 1. The van der Waals surface area contributed by atoms with Crippen molar-refractivity contribution in [1.29, 1.82) is 0 Å². The van der Waals surface area contributed by atoms with Crippen LogP contribution in [-0.4, -0.2) is 44.4 Å². The van der Waals surface area contributed by atoms with Crippen LogP contribution in [0.4, 0.5) is 5.82 Å². The van der Waals surface area contributed by atoms with Crippen molar-refractivity contribution in [2.24, 2.45) is 0 Å². The fourth-order valence-corrected chi connectivity index (χ4v) is 3.33. The van der Waals surface area contributed by atoms with Crippen molar-refractivity contribution in [1.82, 2.24) is 30.2 Å². The first-order valence-corrected chi connectivity index (χ1v) is 9.87. The number of aryl methyl sites for hydroxylation is 1. The van der Waals surface area contributed by atoms with Gasteiger partial charge in [-0.1, -0.05) is 25.1 Å². The lowest BCUT2D eigenvalue weighted by atomic mass is 9.96. The maximum atomic E-state index is 12.2. The van der Waals surface area contributed by atoms with Gasteiger partial charge in [-0.25, -0.2) is 19.9 Å². The van der Waals surface area contributed by atoms with Crippen LogP contribution in [-0.2, 0) is 0 Å². The molecule has 0 saturated carbocycles. The molecule has 0 radical (unpaired) electrons. The fraction of sp³-hybridized carbons (Fsp3) is 0.217. The van der Waals surface area contributed by atoms with E-state index >= 15 is 0 Å². The topological polar surface area (TPSA) is 106 Å². The van der Waals surface area contributed by atoms with E-state index in [0.29, 0.717) is 29.4 Å². The van der Waals surface area contributed by atoms with Gasteiger partial charge in [-0.3, -0.25) is 9.78 Å². The van der Waals surface area contributed by atoms with Crippen molar-refractivity contribution in [3.05, 3.63) is 72.2 Å². The Hall–Kier alpha value is -3.94. The molecule has 3 aromatic heterocycles. The molecule has 0 fully saturated rings. The van der Waals surface area contributed by atoms with Crippen molar-refractivity contribution in [3.8, 4) is 11.3 Å². The predicted octanol–water partition coefficient (Wildman–Crippen LogP) is 3.37. The van der Waals surface area contributed by atoms with Gasteiger partial charge in [0, 0.05) is 55.1 Å². The Labute approximate surface area is 183 Å². The number of benzene rings is 1. The van der Waals surface area contributed by atoms with Crippen LogP contribution in [0.2, 0.25) is 0 Å². The Kier molecular flexibility index (Phi) is 5.09. The van der Waals surface area contributed by atoms with Crippen LogP contribution < -0.4 is 10.6 Å². The normalized spacial score (nSPS) is 12.7. The standard InChI is InChI=1S/C23H23N7O/c1-14(17-5-4-6-18-19(23(31)24-3)7-8-25-22(17)18)10-28-21-9-20(29-13-30-21)16-11-26-15(2)27-12-16/h4-9,11-14H,10H2,1-3H3,(H,24,31)(H,28,29,30)/t14-/m0/s1/i11D,12D. The molecule has 0 aliphatic heterocycles. The monoisotopic (exact) mass is 415 g/mol. The molecule has 2 N–H and O–H groups in total. The van der Waals surface area contributed by atoms with Crippen molar-refractivity contribution < 1.29 is 7.54 Å². The first-order valence-electron chi connectivity index (χ1n) is 10.9. The average Bonchev–Trinajstić information content (AvgIpc) is 2.81. The molecule has 31 heavy (non-hydrogen) atoms. The van der Waals surface area contributed by atoms with Crippen molar-refractivity contribution in [2.75, 3.05) is 18.9 Å². The molecule has 0 saturated heterocycles. The van der Waals surface area contributed by atoms with Gasteiger partial charge < -0.3 is 10.6 Å². The summed E-state index contributed by atoms with van der Waals surface area (Å²) in [6.07, 6.45) is 2.95. The molecule has 0 spiro atoms. The quantitative estimate of drug-likeness (QED) is 0.497. The van der Waals surface area contributed by atoms with Crippen LogP contribution in [0.15, 0.2) is 55.2 Å². The Bertz CT molecular complexity index is 1320. The number of carbonyl (C=O) groups excluding carboxylic acids is 1. The molecule has 156 valence electrons. The van der Waals surface area contributed by atoms with Crippen molar-refractivity contribution in [2.45, 2.75) is 19.8 Å². The van der Waals surface area contributed by atoms with Gasteiger partial charge >= 0.3 is 0 Å². The minimum Gasteiger partial charge on any atom is -0.369 e. The van der Waals surface area contributed by atoms with E-state index in [1.165, 1.54) is 6.33 Å². The van der Waals surface area contributed by atoms with E-state index in [-0.39, 0.29) is 29.7 Å². The van der Waals surface area contributed by atoms with Crippen LogP contribution >= 0.6 is 0 Å². The van der Waals surface area contributed by atoms with Crippen molar-refractivity contribution >= 4 is 22.6 Å². The zero-order chi connectivity index (χ0) is 23.5. The van der Waals surface area contributed by atoms with Crippen LogP contribution in [0, 0.1) is 6.92 Å². The highest BCUT2D eigenvalue weighted by Crippen LogP contribution is 2.27. The first kappa shape index (κ1) is 17.9. The van der Waals surface area contributed by atoms with Gasteiger partial charge in [0.05, 0.1) is 19.5 Å². The maximum Gasteiger partial charge on any atom is 0.251 e. The summed E-state index contributed by atoms with van der Waals surface area (Å²) in [5, 5.41) is 6.77. The van der Waals surface area contributed by atoms with E-state index in [1.807, 2.05) is 18.2 Å². The second-order valence-corrected chi connectivity index (χ2v) is 7.12. The molecule has 0 unspecified atom stereocenters. The van der Waals surface area contributed by atoms with Gasteiger partial charge in [0.25, 0.3) is 5.91 Å². The van der Waals surface area contributed by atoms with Gasteiger partial charge in [-0.15, -0.1) is 0 Å². The lowest BCUT2D eigenvalue weighted by Gasteiger charge is -2.16. The van der Waals surface area contributed by atoms with Crippen LogP contribution in [0.5, 0.6) is 0 Å². The van der Waals surface area contributed by atoms with Gasteiger partial charge in [0.2, 0.25) is 0 Å². The first-order chi connectivity index (χ1) is 15.9. The highest BCUT2D eigenvalue weighted by atomic mass is 16.1. The SMILES string of the molecule is [2H]c1nc(C)nc([2H])c1-c1cc(NC[C@H](C)c2cccc3c(C(=O)NC)ccnc23)ncn1. The number of nitrogens with zero attached hydrogens (tertiary/aromatic N) is 5. The number of nitrogens with one attached hydrogen (secondary N) is 2. The molecule has 8 heteroatoms. The summed E-state index contributed by atoms with van der Waals surface area (Å²) in [7, 11) is 1.61. The number of rotatable bonds is 6.